The van der Waals surface area contributed by atoms with E-state index in [1.54, 1.807) is 50.4 Å². The molecule has 38 heavy (non-hydrogen) atoms. The van der Waals surface area contributed by atoms with Crippen LogP contribution in [-0.2, 0) is 12.7 Å². The smallest absolute Gasteiger partial charge is 0.416 e. The first kappa shape index (κ1) is 26.6. The quantitative estimate of drug-likeness (QED) is 0.293. The molecule has 0 saturated heterocycles. The molecule has 0 spiro atoms. The molecule has 4 rings (SSSR count). The van der Waals surface area contributed by atoms with Crippen LogP contribution in [0.15, 0.2) is 60.8 Å². The number of nitrogens with zero attached hydrogens (tertiary/aromatic N) is 2. The number of ether oxygens (including phenoxy) is 3. The average Bonchev–Trinajstić information content (AvgIpc) is 2.88. The van der Waals surface area contributed by atoms with Gasteiger partial charge in [0.15, 0.2) is 11.5 Å². The molecule has 0 aliphatic heterocycles. The Kier molecular flexibility index (Phi) is 7.34. The molecular formula is C28H24F3N2O5-. The predicted octanol–water partition coefficient (Wildman–Crippen LogP) is 6.03. The lowest BCUT2D eigenvalue weighted by molar-refractivity contribution is -0.246. The molecular weight excluding hydrogens is 501 g/mol. The Morgan fingerprint density at radius 2 is 1.55 bits per heavy atom. The summed E-state index contributed by atoms with van der Waals surface area (Å²) in [7, 11) is 3.06. The third kappa shape index (κ3) is 5.44. The molecule has 10 heteroatoms. The molecule has 0 aliphatic rings. The minimum absolute atomic E-state index is 0.183. The Bertz CT molecular complexity index is 1490. The number of rotatable bonds is 7. The lowest BCUT2D eigenvalue weighted by Gasteiger charge is -2.28. The largest absolute Gasteiger partial charge is 0.530 e. The van der Waals surface area contributed by atoms with Crippen LogP contribution in [0.25, 0.3) is 10.9 Å². The highest BCUT2D eigenvalue weighted by Crippen LogP contribution is 2.39. The van der Waals surface area contributed by atoms with Crippen molar-refractivity contribution in [1.82, 2.24) is 4.98 Å². The normalized spacial score (nSPS) is 11.3. The number of hydrogen-bond acceptors (Lipinski definition) is 6. The first-order valence-electron chi connectivity index (χ1n) is 11.5. The molecule has 0 N–H and O–H groups in total. The second-order valence-electron chi connectivity index (χ2n) is 8.59. The summed E-state index contributed by atoms with van der Waals surface area (Å²) in [6, 6.07) is 12.9. The lowest BCUT2D eigenvalue weighted by atomic mass is 10.1. The van der Waals surface area contributed by atoms with Crippen molar-refractivity contribution < 1.29 is 37.3 Å². The molecule has 7 nitrogen and oxygen atoms in total. The number of hydrogen-bond donors (Lipinski definition) is 0. The number of aryl methyl sites for hydroxylation is 2. The number of halogens is 3. The van der Waals surface area contributed by atoms with Gasteiger partial charge in [-0.15, -0.1) is 0 Å². The van der Waals surface area contributed by atoms with Crippen LogP contribution in [0.4, 0.5) is 23.7 Å². The molecule has 0 unspecified atom stereocenters. The molecule has 0 bridgehead atoms. The summed E-state index contributed by atoms with van der Waals surface area (Å²) < 4.78 is 55.6. The average molecular weight is 526 g/mol. The Balaban J connectivity index is 1.65. The van der Waals surface area contributed by atoms with Gasteiger partial charge in [0.25, 0.3) is 0 Å². The molecule has 1 amide bonds. The minimum Gasteiger partial charge on any atom is -0.530 e. The van der Waals surface area contributed by atoms with Gasteiger partial charge in [0.2, 0.25) is 0 Å². The summed E-state index contributed by atoms with van der Waals surface area (Å²) in [6.07, 6.45) is -4.36. The topological polar surface area (TPSA) is 84.0 Å². The molecule has 1 aromatic heterocycles. The number of amides is 1. The highest BCUT2D eigenvalue weighted by Gasteiger charge is 2.30. The van der Waals surface area contributed by atoms with Crippen LogP contribution < -0.4 is 24.2 Å². The molecule has 0 fully saturated rings. The Labute approximate surface area is 217 Å². The number of carbonyl (C=O) groups is 1. The van der Waals surface area contributed by atoms with Crippen LogP contribution in [-0.4, -0.2) is 25.3 Å². The van der Waals surface area contributed by atoms with Crippen molar-refractivity contribution in [3.63, 3.8) is 0 Å². The van der Waals surface area contributed by atoms with E-state index in [1.165, 1.54) is 26.4 Å². The molecule has 3 aromatic carbocycles. The maximum absolute atomic E-state index is 12.9. The second-order valence-corrected chi connectivity index (χ2v) is 8.59. The number of benzene rings is 3. The molecule has 0 radical (unpaired) electrons. The van der Waals surface area contributed by atoms with E-state index in [-0.39, 0.29) is 6.54 Å². The first-order valence-corrected chi connectivity index (χ1v) is 11.5. The van der Waals surface area contributed by atoms with Crippen molar-refractivity contribution in [2.75, 3.05) is 19.1 Å². The number of carbonyl (C=O) groups excluding carboxylic acids is 1. The zero-order chi connectivity index (χ0) is 27.6. The number of fused-ring (bicyclic) bond motifs is 1. The van der Waals surface area contributed by atoms with E-state index in [4.69, 9.17) is 14.2 Å². The van der Waals surface area contributed by atoms with E-state index < -0.39 is 17.8 Å². The van der Waals surface area contributed by atoms with E-state index >= 15 is 0 Å². The minimum atomic E-state index is -4.48. The summed E-state index contributed by atoms with van der Waals surface area (Å²) in [6.45, 7) is 3.29. The third-order valence-corrected chi connectivity index (χ3v) is 6.05. The van der Waals surface area contributed by atoms with Gasteiger partial charge in [-0.05, 0) is 66.9 Å². The van der Waals surface area contributed by atoms with Gasteiger partial charge in [-0.25, -0.2) is 0 Å². The van der Waals surface area contributed by atoms with Crippen LogP contribution in [0, 0.1) is 13.8 Å². The molecule has 1 heterocycles. The monoisotopic (exact) mass is 525 g/mol. The van der Waals surface area contributed by atoms with Crippen molar-refractivity contribution in [3.8, 4) is 23.0 Å². The lowest BCUT2D eigenvalue weighted by Crippen LogP contribution is -2.41. The van der Waals surface area contributed by atoms with Crippen molar-refractivity contribution in [3.05, 3.63) is 83.0 Å². The number of pyridine rings is 1. The van der Waals surface area contributed by atoms with Gasteiger partial charge >= 0.3 is 6.18 Å². The van der Waals surface area contributed by atoms with E-state index in [0.717, 1.165) is 17.0 Å². The zero-order valence-electron chi connectivity index (χ0n) is 21.1. The summed E-state index contributed by atoms with van der Waals surface area (Å²) in [4.78, 5) is 17.3. The number of methoxy groups -OCH3 is 2. The standard InChI is InChI=1S/C28H25F3N2O5/c1-16-12-24(38-23-9-10-32-21-14-26(37-4)25(36-3)13-20(21)23)17(2)11-22(16)33(27(34)35)15-18-5-7-19(8-6-18)28(29,30)31/h5-14H,15H2,1-4H3,(H,34,35)/p-1. The summed E-state index contributed by atoms with van der Waals surface area (Å²) in [5.74, 6) is 2.03. The van der Waals surface area contributed by atoms with Gasteiger partial charge < -0.3 is 29.0 Å². The predicted molar refractivity (Wildman–Crippen MR) is 134 cm³/mol. The highest BCUT2D eigenvalue weighted by atomic mass is 19.4. The maximum atomic E-state index is 12.9. The van der Waals surface area contributed by atoms with Crippen LogP contribution in [0.2, 0.25) is 0 Å². The third-order valence-electron chi connectivity index (χ3n) is 6.05. The molecule has 0 saturated carbocycles. The molecule has 0 atom stereocenters. The van der Waals surface area contributed by atoms with Crippen molar-refractivity contribution in [1.29, 1.82) is 0 Å². The van der Waals surface area contributed by atoms with Crippen LogP contribution >= 0.6 is 0 Å². The zero-order valence-corrected chi connectivity index (χ0v) is 21.1. The fourth-order valence-electron chi connectivity index (χ4n) is 4.06. The van der Waals surface area contributed by atoms with Crippen molar-refractivity contribution >= 4 is 22.7 Å². The van der Waals surface area contributed by atoms with Gasteiger partial charge in [-0.2, -0.15) is 13.2 Å². The van der Waals surface area contributed by atoms with Gasteiger partial charge in [-0.3, -0.25) is 4.98 Å². The van der Waals surface area contributed by atoms with Gasteiger partial charge in [0.1, 0.15) is 17.6 Å². The number of aromatic nitrogens is 1. The van der Waals surface area contributed by atoms with Crippen LogP contribution in [0.5, 0.6) is 23.0 Å². The number of anilines is 1. The van der Waals surface area contributed by atoms with Crippen LogP contribution in [0.3, 0.4) is 0 Å². The molecule has 198 valence electrons. The Morgan fingerprint density at radius 1 is 0.895 bits per heavy atom. The van der Waals surface area contributed by atoms with Gasteiger partial charge in [-0.1, -0.05) is 12.1 Å². The van der Waals surface area contributed by atoms with Gasteiger partial charge in [0.05, 0.1) is 25.3 Å². The Hall–Kier alpha value is -4.47. The van der Waals surface area contributed by atoms with Crippen LogP contribution in [0.1, 0.15) is 22.3 Å². The van der Waals surface area contributed by atoms with E-state index in [1.807, 2.05) is 0 Å². The SMILES string of the molecule is COc1cc2nccc(Oc3cc(C)c(N(Cc4ccc(C(F)(F)F)cc4)C(=O)[O-])cc3C)c2cc1OC. The summed E-state index contributed by atoms with van der Waals surface area (Å²) >= 11 is 0. The Morgan fingerprint density at radius 3 is 2.16 bits per heavy atom. The number of carboxylic acid groups (broad SMARTS) is 1. The number of alkyl halides is 3. The summed E-state index contributed by atoms with van der Waals surface area (Å²) in [5.41, 5.74) is 1.74. The fourth-order valence-corrected chi connectivity index (χ4v) is 4.06. The molecule has 4 aromatic rings. The van der Waals surface area contributed by atoms with E-state index in [2.05, 4.69) is 4.98 Å². The fraction of sp³-hybridized carbons (Fsp3) is 0.214. The van der Waals surface area contributed by atoms with Crippen molar-refractivity contribution in [2.24, 2.45) is 0 Å². The first-order chi connectivity index (χ1) is 18.0. The highest BCUT2D eigenvalue weighted by molar-refractivity contribution is 5.89. The summed E-state index contributed by atoms with van der Waals surface area (Å²) in [5, 5.41) is 12.7. The maximum Gasteiger partial charge on any atom is 0.416 e. The van der Waals surface area contributed by atoms with E-state index in [0.29, 0.717) is 56.3 Å². The van der Waals surface area contributed by atoms with E-state index in [9.17, 15) is 23.1 Å². The van der Waals surface area contributed by atoms with Gasteiger partial charge in [0, 0.05) is 29.9 Å². The molecule has 0 aliphatic carbocycles. The van der Waals surface area contributed by atoms with Crippen molar-refractivity contribution in [2.45, 2.75) is 26.6 Å². The second kappa shape index (κ2) is 10.5.